The number of rotatable bonds is 5. The van der Waals surface area contributed by atoms with Crippen molar-refractivity contribution in [1.29, 1.82) is 0 Å². The highest BCUT2D eigenvalue weighted by molar-refractivity contribution is 5.35. The number of aryl methyl sites for hydroxylation is 1. The fraction of sp³-hybridized carbons (Fsp3) is 0.643. The molecule has 1 aliphatic heterocycles. The minimum absolute atomic E-state index is 0.243. The molecule has 0 unspecified atom stereocenters. The molecule has 0 aliphatic carbocycles. The fourth-order valence-corrected chi connectivity index (χ4v) is 2.49. The molecule has 1 aromatic heterocycles. The Morgan fingerprint density at radius 3 is 2.78 bits per heavy atom. The van der Waals surface area contributed by atoms with Gasteiger partial charge < -0.3 is 15.4 Å². The van der Waals surface area contributed by atoms with E-state index in [4.69, 9.17) is 4.74 Å². The van der Waals surface area contributed by atoms with Crippen molar-refractivity contribution >= 4 is 5.82 Å². The van der Waals surface area contributed by atoms with E-state index in [1.54, 1.807) is 7.11 Å². The highest BCUT2D eigenvalue weighted by Gasteiger charge is 2.31. The zero-order valence-electron chi connectivity index (χ0n) is 11.3. The number of nitrogens with zero attached hydrogens (tertiary/aromatic N) is 1. The maximum Gasteiger partial charge on any atom is 0.125 e. The minimum atomic E-state index is 0.243. The largest absolute Gasteiger partial charge is 0.384 e. The second-order valence-electron chi connectivity index (χ2n) is 5.26. The molecule has 0 saturated carbocycles. The molecule has 4 heteroatoms. The molecule has 0 spiro atoms. The Morgan fingerprint density at radius 2 is 2.17 bits per heavy atom. The van der Waals surface area contributed by atoms with Gasteiger partial charge in [0.05, 0.1) is 6.61 Å². The first-order chi connectivity index (χ1) is 8.74. The summed E-state index contributed by atoms with van der Waals surface area (Å²) < 4.78 is 5.40. The van der Waals surface area contributed by atoms with Gasteiger partial charge in [0.15, 0.2) is 0 Å². The molecule has 0 aromatic carbocycles. The summed E-state index contributed by atoms with van der Waals surface area (Å²) in [5.74, 6) is 0.953. The molecule has 1 aromatic rings. The van der Waals surface area contributed by atoms with Crippen LogP contribution in [0.2, 0.25) is 0 Å². The average molecular weight is 249 g/mol. The molecular weight excluding hydrogens is 226 g/mol. The van der Waals surface area contributed by atoms with E-state index in [-0.39, 0.29) is 5.41 Å². The van der Waals surface area contributed by atoms with Crippen LogP contribution in [0.25, 0.3) is 0 Å². The summed E-state index contributed by atoms with van der Waals surface area (Å²) in [4.78, 5) is 4.39. The Labute approximate surface area is 109 Å². The molecule has 4 nitrogen and oxygen atoms in total. The van der Waals surface area contributed by atoms with Gasteiger partial charge in [0.1, 0.15) is 5.82 Å². The van der Waals surface area contributed by atoms with Crippen molar-refractivity contribution in [3.63, 3.8) is 0 Å². The molecule has 0 bridgehead atoms. The van der Waals surface area contributed by atoms with Crippen molar-refractivity contribution in [1.82, 2.24) is 10.3 Å². The van der Waals surface area contributed by atoms with E-state index in [1.807, 2.05) is 12.3 Å². The molecule has 0 amide bonds. The number of hydrogen-bond donors (Lipinski definition) is 2. The fourth-order valence-electron chi connectivity index (χ4n) is 2.49. The van der Waals surface area contributed by atoms with Crippen molar-refractivity contribution in [2.75, 3.05) is 38.7 Å². The van der Waals surface area contributed by atoms with Gasteiger partial charge in [-0.1, -0.05) is 6.07 Å². The number of nitrogens with one attached hydrogen (secondary N) is 2. The van der Waals surface area contributed by atoms with E-state index < -0.39 is 0 Å². The summed E-state index contributed by atoms with van der Waals surface area (Å²) in [5.41, 5.74) is 1.43. The lowest BCUT2D eigenvalue weighted by molar-refractivity contribution is 0.0635. The zero-order valence-corrected chi connectivity index (χ0v) is 11.3. The minimum Gasteiger partial charge on any atom is -0.384 e. The van der Waals surface area contributed by atoms with Crippen LogP contribution >= 0.6 is 0 Å². The Kier molecular flexibility index (Phi) is 4.55. The second-order valence-corrected chi connectivity index (χ2v) is 5.26. The summed E-state index contributed by atoms with van der Waals surface area (Å²) in [5, 5.41) is 6.85. The summed E-state index contributed by atoms with van der Waals surface area (Å²) in [6.07, 6.45) is 4.20. The second kappa shape index (κ2) is 6.16. The smallest absolute Gasteiger partial charge is 0.125 e. The maximum atomic E-state index is 5.40. The van der Waals surface area contributed by atoms with Gasteiger partial charge in [-0.15, -0.1) is 0 Å². The van der Waals surface area contributed by atoms with Crippen molar-refractivity contribution in [2.24, 2.45) is 5.41 Å². The molecule has 1 saturated heterocycles. The highest BCUT2D eigenvalue weighted by Crippen LogP contribution is 2.29. The Bertz CT molecular complexity index is 352. The number of hydrogen-bond acceptors (Lipinski definition) is 4. The van der Waals surface area contributed by atoms with Gasteiger partial charge in [-0.3, -0.25) is 0 Å². The first-order valence-corrected chi connectivity index (χ1v) is 6.60. The van der Waals surface area contributed by atoms with E-state index in [0.29, 0.717) is 0 Å². The lowest BCUT2D eigenvalue weighted by Gasteiger charge is -2.37. The first kappa shape index (κ1) is 13.3. The normalized spacial score (nSPS) is 18.6. The molecule has 0 radical (unpaired) electrons. The van der Waals surface area contributed by atoms with Crippen LogP contribution in [0.3, 0.4) is 0 Å². The van der Waals surface area contributed by atoms with E-state index in [9.17, 15) is 0 Å². The van der Waals surface area contributed by atoms with Crippen LogP contribution < -0.4 is 10.6 Å². The van der Waals surface area contributed by atoms with Crippen LogP contribution in [0, 0.1) is 12.3 Å². The number of methoxy groups -OCH3 is 1. The van der Waals surface area contributed by atoms with Crippen molar-refractivity contribution in [2.45, 2.75) is 19.8 Å². The molecule has 1 aliphatic rings. The first-order valence-electron chi connectivity index (χ1n) is 6.60. The summed E-state index contributed by atoms with van der Waals surface area (Å²) >= 11 is 0. The van der Waals surface area contributed by atoms with Crippen LogP contribution in [0.4, 0.5) is 5.82 Å². The third kappa shape index (κ3) is 3.43. The molecule has 1 fully saturated rings. The van der Waals surface area contributed by atoms with Crippen LogP contribution in [0.1, 0.15) is 18.4 Å². The van der Waals surface area contributed by atoms with Gasteiger partial charge >= 0.3 is 0 Å². The van der Waals surface area contributed by atoms with Crippen molar-refractivity contribution in [3.05, 3.63) is 23.9 Å². The number of aromatic nitrogens is 1. The molecule has 0 atom stereocenters. The van der Waals surface area contributed by atoms with E-state index in [1.165, 1.54) is 5.56 Å². The summed E-state index contributed by atoms with van der Waals surface area (Å²) in [6, 6.07) is 4.12. The molecule has 2 N–H and O–H groups in total. The predicted octanol–water partition coefficient (Wildman–Crippen LogP) is 1.82. The van der Waals surface area contributed by atoms with Crippen LogP contribution in [0.15, 0.2) is 18.3 Å². The topological polar surface area (TPSA) is 46.2 Å². The summed E-state index contributed by atoms with van der Waals surface area (Å²) in [7, 11) is 1.79. The number of anilines is 1. The van der Waals surface area contributed by atoms with Crippen LogP contribution in [0.5, 0.6) is 0 Å². The quantitative estimate of drug-likeness (QED) is 0.835. The Morgan fingerprint density at radius 1 is 1.39 bits per heavy atom. The monoisotopic (exact) mass is 249 g/mol. The molecule has 2 rings (SSSR count). The number of ether oxygens (including phenoxy) is 1. The van der Waals surface area contributed by atoms with Gasteiger partial charge in [0.25, 0.3) is 0 Å². The van der Waals surface area contributed by atoms with Gasteiger partial charge in [-0.2, -0.15) is 0 Å². The predicted molar refractivity (Wildman–Crippen MR) is 73.9 cm³/mol. The van der Waals surface area contributed by atoms with Crippen molar-refractivity contribution in [3.8, 4) is 0 Å². The van der Waals surface area contributed by atoms with Crippen LogP contribution in [-0.4, -0.2) is 38.3 Å². The Balaban J connectivity index is 1.94. The number of pyridine rings is 1. The van der Waals surface area contributed by atoms with E-state index in [2.05, 4.69) is 28.6 Å². The number of piperidine rings is 1. The Hall–Kier alpha value is -1.13. The average Bonchev–Trinajstić information content (AvgIpc) is 2.40. The third-order valence-corrected chi connectivity index (χ3v) is 3.67. The molecule has 2 heterocycles. The third-order valence-electron chi connectivity index (χ3n) is 3.67. The van der Waals surface area contributed by atoms with Gasteiger partial charge in [-0.05, 0) is 44.5 Å². The van der Waals surface area contributed by atoms with E-state index >= 15 is 0 Å². The molecular formula is C14H23N3O. The van der Waals surface area contributed by atoms with Gasteiger partial charge in [0, 0.05) is 25.3 Å². The van der Waals surface area contributed by atoms with E-state index in [0.717, 1.165) is 44.9 Å². The summed E-state index contributed by atoms with van der Waals surface area (Å²) in [6.45, 7) is 5.95. The molecule has 100 valence electrons. The van der Waals surface area contributed by atoms with Crippen LogP contribution in [-0.2, 0) is 4.74 Å². The lowest BCUT2D eigenvalue weighted by Crippen LogP contribution is -2.44. The zero-order chi connectivity index (χ0) is 12.8. The standard InChI is InChI=1S/C14H23N3O/c1-12-3-4-13(16-9-12)17-10-14(11-18-2)5-7-15-8-6-14/h3-4,9,15H,5-8,10-11H2,1-2H3,(H,16,17). The SMILES string of the molecule is COCC1(CNc2ccc(C)cn2)CCNCC1. The van der Waals surface area contributed by atoms with Gasteiger partial charge in [0.2, 0.25) is 0 Å². The van der Waals surface area contributed by atoms with Gasteiger partial charge in [-0.25, -0.2) is 4.98 Å². The lowest BCUT2D eigenvalue weighted by atomic mass is 9.79. The maximum absolute atomic E-state index is 5.40. The van der Waals surface area contributed by atoms with Crippen molar-refractivity contribution < 1.29 is 4.74 Å². The molecule has 18 heavy (non-hydrogen) atoms. The highest BCUT2D eigenvalue weighted by atomic mass is 16.5.